The first kappa shape index (κ1) is 12.1. The molecule has 0 aliphatic carbocycles. The van der Waals surface area contributed by atoms with Crippen LogP contribution < -0.4 is 4.90 Å². The fraction of sp³-hybridized carbons (Fsp3) is 0.538. The van der Waals surface area contributed by atoms with Gasteiger partial charge in [-0.1, -0.05) is 25.1 Å². The molecule has 0 spiro atoms. The smallest absolute Gasteiger partial charge is 0.118 e. The molecule has 0 radical (unpaired) electrons. The van der Waals surface area contributed by atoms with Gasteiger partial charge in [-0.3, -0.25) is 0 Å². The number of rotatable bonds is 5. The van der Waals surface area contributed by atoms with Crippen LogP contribution in [0.3, 0.4) is 0 Å². The van der Waals surface area contributed by atoms with Crippen molar-refractivity contribution >= 4 is 5.69 Å². The molecule has 0 saturated heterocycles. The van der Waals surface area contributed by atoms with Crippen molar-refractivity contribution in [1.82, 2.24) is 0 Å². The van der Waals surface area contributed by atoms with Crippen molar-refractivity contribution in [2.45, 2.75) is 27.2 Å². The molecule has 1 aromatic carbocycles. The van der Waals surface area contributed by atoms with Gasteiger partial charge in [-0.25, -0.2) is 0 Å². The zero-order valence-electron chi connectivity index (χ0n) is 10.2. The minimum Gasteiger partial charge on any atom is -0.364 e. The summed E-state index contributed by atoms with van der Waals surface area (Å²) in [6, 6.07) is 6.48. The molecular formula is C13H21NO. The topological polar surface area (TPSA) is 12.5 Å². The molecule has 0 N–H and O–H groups in total. The minimum absolute atomic E-state index is 0.661. The zero-order valence-corrected chi connectivity index (χ0v) is 10.2. The van der Waals surface area contributed by atoms with Gasteiger partial charge in [0.2, 0.25) is 0 Å². The lowest BCUT2D eigenvalue weighted by Gasteiger charge is -2.26. The van der Waals surface area contributed by atoms with E-state index in [0.29, 0.717) is 6.73 Å². The lowest BCUT2D eigenvalue weighted by atomic mass is 10.0. The molecule has 0 unspecified atom stereocenters. The number of hydrogen-bond acceptors (Lipinski definition) is 2. The van der Waals surface area contributed by atoms with Crippen molar-refractivity contribution in [1.29, 1.82) is 0 Å². The van der Waals surface area contributed by atoms with Gasteiger partial charge in [0.1, 0.15) is 6.73 Å². The van der Waals surface area contributed by atoms with Crippen LogP contribution in [-0.4, -0.2) is 20.4 Å². The number of hydrogen-bond donors (Lipinski definition) is 0. The van der Waals surface area contributed by atoms with Gasteiger partial charge in [0.05, 0.1) is 0 Å². The van der Waals surface area contributed by atoms with E-state index in [0.717, 1.165) is 13.0 Å². The Labute approximate surface area is 92.9 Å². The molecule has 0 heterocycles. The molecule has 0 amide bonds. The molecular weight excluding hydrogens is 186 g/mol. The maximum atomic E-state index is 5.23. The fourth-order valence-corrected chi connectivity index (χ4v) is 1.93. The molecule has 0 fully saturated rings. The first-order chi connectivity index (χ1) is 7.24. The normalized spacial score (nSPS) is 10.4. The molecule has 0 aromatic heterocycles. The molecule has 84 valence electrons. The van der Waals surface area contributed by atoms with Gasteiger partial charge in [0.15, 0.2) is 0 Å². The van der Waals surface area contributed by atoms with Crippen molar-refractivity contribution in [3.63, 3.8) is 0 Å². The average Bonchev–Trinajstić information content (AvgIpc) is 2.26. The van der Waals surface area contributed by atoms with Crippen LogP contribution in [0.5, 0.6) is 0 Å². The van der Waals surface area contributed by atoms with Crippen LogP contribution in [0.4, 0.5) is 5.69 Å². The number of anilines is 1. The van der Waals surface area contributed by atoms with Gasteiger partial charge in [-0.05, 0) is 31.4 Å². The summed E-state index contributed by atoms with van der Waals surface area (Å²) >= 11 is 0. The summed E-state index contributed by atoms with van der Waals surface area (Å²) in [5.74, 6) is 0. The van der Waals surface area contributed by atoms with Gasteiger partial charge < -0.3 is 9.64 Å². The van der Waals surface area contributed by atoms with E-state index in [1.807, 2.05) is 0 Å². The quantitative estimate of drug-likeness (QED) is 0.688. The van der Waals surface area contributed by atoms with Gasteiger partial charge >= 0.3 is 0 Å². The Morgan fingerprint density at radius 3 is 2.53 bits per heavy atom. The number of benzene rings is 1. The second kappa shape index (κ2) is 5.76. The Bertz CT molecular complexity index is 309. The fourth-order valence-electron chi connectivity index (χ4n) is 1.93. The van der Waals surface area contributed by atoms with Gasteiger partial charge in [0.25, 0.3) is 0 Å². The van der Waals surface area contributed by atoms with Crippen molar-refractivity contribution < 1.29 is 4.74 Å². The highest BCUT2D eigenvalue weighted by molar-refractivity contribution is 5.59. The molecule has 2 nitrogen and oxygen atoms in total. The Hall–Kier alpha value is -1.02. The second-order valence-corrected chi connectivity index (χ2v) is 3.71. The lowest BCUT2D eigenvalue weighted by molar-refractivity contribution is 0.198. The predicted octanol–water partition coefficient (Wildman–Crippen LogP) is 2.99. The number of methoxy groups -OCH3 is 1. The predicted molar refractivity (Wildman–Crippen MR) is 65.5 cm³/mol. The SMILES string of the molecule is CCc1cccc(C)c1N(CC)COC. The van der Waals surface area contributed by atoms with Crippen molar-refractivity contribution in [2.24, 2.45) is 0 Å². The summed E-state index contributed by atoms with van der Waals surface area (Å²) in [6.45, 7) is 8.15. The monoisotopic (exact) mass is 207 g/mol. The summed E-state index contributed by atoms with van der Waals surface area (Å²) in [5.41, 5.74) is 4.06. The van der Waals surface area contributed by atoms with Gasteiger partial charge in [-0.15, -0.1) is 0 Å². The Balaban J connectivity index is 3.08. The maximum Gasteiger partial charge on any atom is 0.118 e. The Morgan fingerprint density at radius 1 is 1.27 bits per heavy atom. The summed E-state index contributed by atoms with van der Waals surface area (Å²) in [7, 11) is 1.74. The van der Waals surface area contributed by atoms with Crippen LogP contribution in [0.15, 0.2) is 18.2 Å². The second-order valence-electron chi connectivity index (χ2n) is 3.71. The highest BCUT2D eigenvalue weighted by Crippen LogP contribution is 2.25. The molecule has 0 aliphatic rings. The third kappa shape index (κ3) is 2.72. The van der Waals surface area contributed by atoms with E-state index in [1.165, 1.54) is 16.8 Å². The Kier molecular flexibility index (Phi) is 4.63. The highest BCUT2D eigenvalue weighted by Gasteiger charge is 2.10. The van der Waals surface area contributed by atoms with Crippen LogP contribution in [0.1, 0.15) is 25.0 Å². The van der Waals surface area contributed by atoms with Crippen LogP contribution in [0.2, 0.25) is 0 Å². The molecule has 0 atom stereocenters. The minimum atomic E-state index is 0.661. The van der Waals surface area contributed by atoms with E-state index in [9.17, 15) is 0 Å². The molecule has 1 rings (SSSR count). The summed E-state index contributed by atoms with van der Waals surface area (Å²) in [5, 5.41) is 0. The molecule has 15 heavy (non-hydrogen) atoms. The van der Waals surface area contributed by atoms with E-state index in [-0.39, 0.29) is 0 Å². The molecule has 0 aliphatic heterocycles. The van der Waals surface area contributed by atoms with Crippen LogP contribution in [-0.2, 0) is 11.2 Å². The average molecular weight is 207 g/mol. The molecule has 1 aromatic rings. The number of para-hydroxylation sites is 1. The van der Waals surface area contributed by atoms with E-state index in [1.54, 1.807) is 7.11 Å². The number of nitrogens with zero attached hydrogens (tertiary/aromatic N) is 1. The lowest BCUT2D eigenvalue weighted by Crippen LogP contribution is -2.26. The Morgan fingerprint density at radius 2 is 2.00 bits per heavy atom. The van der Waals surface area contributed by atoms with Gasteiger partial charge in [-0.2, -0.15) is 0 Å². The standard InChI is InChI=1S/C13H21NO/c1-5-12-9-7-8-11(3)13(12)14(6-2)10-15-4/h7-9H,5-6,10H2,1-4H3. The summed E-state index contributed by atoms with van der Waals surface area (Å²) < 4.78 is 5.23. The van der Waals surface area contributed by atoms with Crippen molar-refractivity contribution in [3.05, 3.63) is 29.3 Å². The van der Waals surface area contributed by atoms with E-state index < -0.39 is 0 Å². The maximum absolute atomic E-state index is 5.23. The first-order valence-electron chi connectivity index (χ1n) is 5.56. The van der Waals surface area contributed by atoms with Crippen molar-refractivity contribution in [3.8, 4) is 0 Å². The van der Waals surface area contributed by atoms with E-state index >= 15 is 0 Å². The number of aryl methyl sites for hydroxylation is 2. The molecule has 0 bridgehead atoms. The summed E-state index contributed by atoms with van der Waals surface area (Å²) in [6.07, 6.45) is 1.07. The highest BCUT2D eigenvalue weighted by atomic mass is 16.5. The van der Waals surface area contributed by atoms with E-state index in [2.05, 4.69) is 43.9 Å². The third-order valence-electron chi connectivity index (χ3n) is 2.69. The number of ether oxygens (including phenoxy) is 1. The van der Waals surface area contributed by atoms with Crippen LogP contribution in [0, 0.1) is 6.92 Å². The summed E-state index contributed by atoms with van der Waals surface area (Å²) in [4.78, 5) is 2.27. The van der Waals surface area contributed by atoms with Crippen molar-refractivity contribution in [2.75, 3.05) is 25.3 Å². The molecule has 0 saturated carbocycles. The van der Waals surface area contributed by atoms with Crippen LogP contribution in [0.25, 0.3) is 0 Å². The van der Waals surface area contributed by atoms with Crippen LogP contribution >= 0.6 is 0 Å². The molecule has 2 heteroatoms. The third-order valence-corrected chi connectivity index (χ3v) is 2.69. The van der Waals surface area contributed by atoms with Gasteiger partial charge in [0, 0.05) is 19.3 Å². The zero-order chi connectivity index (χ0) is 11.3. The first-order valence-corrected chi connectivity index (χ1v) is 5.56. The van der Waals surface area contributed by atoms with E-state index in [4.69, 9.17) is 4.74 Å². The largest absolute Gasteiger partial charge is 0.364 e.